The van der Waals surface area contributed by atoms with Gasteiger partial charge in [0.2, 0.25) is 10.0 Å². The number of benzene rings is 1. The third-order valence-electron chi connectivity index (χ3n) is 4.58. The van der Waals surface area contributed by atoms with Crippen LogP contribution in [0, 0.1) is 0 Å². The molecule has 0 spiro atoms. The molecule has 0 bridgehead atoms. The molecular weight excluding hydrogens is 358 g/mol. The average Bonchev–Trinajstić information content (AvgIpc) is 3.13. The van der Waals surface area contributed by atoms with Gasteiger partial charge in [-0.25, -0.2) is 13.2 Å². The maximum atomic E-state index is 13.2. The predicted octanol–water partition coefficient (Wildman–Crippen LogP) is 3.97. The lowest BCUT2D eigenvalue weighted by Crippen LogP contribution is -2.40. The summed E-state index contributed by atoms with van der Waals surface area (Å²) in [7, 11) is -3.67. The largest absolute Gasteiger partial charge is 0.478 e. The number of rotatable bonds is 6. The standard InChI is InChI=1S/C18H21NO4S2/c20-18(21)14-8-10-17(11-9-14)25(22,23)19(13-16-7-4-12-24-16)15-5-2-1-3-6-15/h4,7-12,15H,1-3,5-6,13H2,(H,20,21). The molecule has 0 aliphatic heterocycles. The third kappa shape index (κ3) is 4.11. The van der Waals surface area contributed by atoms with Gasteiger partial charge in [-0.3, -0.25) is 0 Å². The van der Waals surface area contributed by atoms with E-state index in [9.17, 15) is 13.2 Å². The van der Waals surface area contributed by atoms with Crippen LogP contribution in [-0.2, 0) is 16.6 Å². The van der Waals surface area contributed by atoms with Crippen molar-refractivity contribution >= 4 is 27.3 Å². The van der Waals surface area contributed by atoms with Gasteiger partial charge in [-0.15, -0.1) is 11.3 Å². The van der Waals surface area contributed by atoms with E-state index in [0.717, 1.165) is 37.0 Å². The van der Waals surface area contributed by atoms with Crippen molar-refractivity contribution in [2.75, 3.05) is 0 Å². The summed E-state index contributed by atoms with van der Waals surface area (Å²) < 4.78 is 28.0. The van der Waals surface area contributed by atoms with Crippen LogP contribution in [0.25, 0.3) is 0 Å². The molecule has 1 aliphatic carbocycles. The molecule has 0 saturated heterocycles. The first kappa shape index (κ1) is 18.1. The van der Waals surface area contributed by atoms with Gasteiger partial charge in [-0.1, -0.05) is 25.3 Å². The van der Waals surface area contributed by atoms with Gasteiger partial charge in [0.1, 0.15) is 0 Å². The highest BCUT2D eigenvalue weighted by Crippen LogP contribution is 2.30. The molecule has 2 aromatic rings. The molecule has 0 amide bonds. The minimum atomic E-state index is -3.67. The molecule has 1 heterocycles. The van der Waals surface area contributed by atoms with Gasteiger partial charge in [0, 0.05) is 17.5 Å². The highest BCUT2D eigenvalue weighted by Gasteiger charge is 2.32. The number of hydrogen-bond donors (Lipinski definition) is 1. The molecule has 1 fully saturated rings. The van der Waals surface area contributed by atoms with Gasteiger partial charge in [-0.05, 0) is 48.6 Å². The third-order valence-corrected chi connectivity index (χ3v) is 7.36. The van der Waals surface area contributed by atoms with Crippen molar-refractivity contribution in [3.63, 3.8) is 0 Å². The van der Waals surface area contributed by atoms with E-state index in [1.807, 2.05) is 17.5 Å². The lowest BCUT2D eigenvalue weighted by molar-refractivity contribution is 0.0696. The Kier molecular flexibility index (Phi) is 5.56. The molecule has 1 aromatic heterocycles. The Morgan fingerprint density at radius 2 is 1.80 bits per heavy atom. The Morgan fingerprint density at radius 1 is 1.12 bits per heavy atom. The van der Waals surface area contributed by atoms with Crippen LogP contribution in [0.1, 0.15) is 47.3 Å². The Labute approximate surface area is 152 Å². The van der Waals surface area contributed by atoms with E-state index < -0.39 is 16.0 Å². The normalized spacial score (nSPS) is 16.2. The van der Waals surface area contributed by atoms with E-state index in [1.54, 1.807) is 15.6 Å². The number of carboxylic acid groups (broad SMARTS) is 1. The summed E-state index contributed by atoms with van der Waals surface area (Å²) in [6.45, 7) is 0.366. The number of aromatic carboxylic acids is 1. The predicted molar refractivity (Wildman–Crippen MR) is 97.3 cm³/mol. The SMILES string of the molecule is O=C(O)c1ccc(S(=O)(=O)N(Cc2cccs2)C2CCCCC2)cc1. The van der Waals surface area contributed by atoms with Crippen molar-refractivity contribution in [1.29, 1.82) is 0 Å². The van der Waals surface area contributed by atoms with Crippen molar-refractivity contribution < 1.29 is 18.3 Å². The van der Waals surface area contributed by atoms with Crippen LogP contribution in [0.5, 0.6) is 0 Å². The zero-order valence-electron chi connectivity index (χ0n) is 13.8. The van der Waals surface area contributed by atoms with Gasteiger partial charge in [0.25, 0.3) is 0 Å². The molecule has 1 aliphatic rings. The Balaban J connectivity index is 1.93. The van der Waals surface area contributed by atoms with Gasteiger partial charge >= 0.3 is 5.97 Å². The van der Waals surface area contributed by atoms with Gasteiger partial charge in [-0.2, -0.15) is 4.31 Å². The molecule has 0 atom stereocenters. The first-order valence-electron chi connectivity index (χ1n) is 8.36. The molecule has 7 heteroatoms. The van der Waals surface area contributed by atoms with E-state index in [2.05, 4.69) is 0 Å². The minimum Gasteiger partial charge on any atom is -0.478 e. The van der Waals surface area contributed by atoms with Gasteiger partial charge in [0.15, 0.2) is 0 Å². The molecule has 25 heavy (non-hydrogen) atoms. The fourth-order valence-corrected chi connectivity index (χ4v) is 5.69. The van der Waals surface area contributed by atoms with Crippen LogP contribution in [0.2, 0.25) is 0 Å². The second-order valence-electron chi connectivity index (χ2n) is 6.25. The van der Waals surface area contributed by atoms with Crippen molar-refractivity contribution in [2.45, 2.75) is 49.6 Å². The molecule has 0 unspecified atom stereocenters. The van der Waals surface area contributed by atoms with Crippen LogP contribution in [0.4, 0.5) is 0 Å². The second-order valence-corrected chi connectivity index (χ2v) is 9.17. The molecule has 134 valence electrons. The van der Waals surface area contributed by atoms with E-state index in [-0.39, 0.29) is 16.5 Å². The van der Waals surface area contributed by atoms with Crippen molar-refractivity contribution in [1.82, 2.24) is 4.31 Å². The van der Waals surface area contributed by atoms with E-state index >= 15 is 0 Å². The summed E-state index contributed by atoms with van der Waals surface area (Å²) in [6, 6.07) is 9.35. The molecule has 1 aromatic carbocycles. The van der Waals surface area contributed by atoms with E-state index in [0.29, 0.717) is 6.54 Å². The minimum absolute atomic E-state index is 0.000000262. The summed E-state index contributed by atoms with van der Waals surface area (Å²) in [4.78, 5) is 12.2. The number of carbonyl (C=O) groups is 1. The first-order chi connectivity index (χ1) is 12.0. The van der Waals surface area contributed by atoms with Crippen molar-refractivity contribution in [2.24, 2.45) is 0 Å². The highest BCUT2D eigenvalue weighted by atomic mass is 32.2. The topological polar surface area (TPSA) is 74.7 Å². The highest BCUT2D eigenvalue weighted by molar-refractivity contribution is 7.89. The van der Waals surface area contributed by atoms with Crippen molar-refractivity contribution in [3.05, 3.63) is 52.2 Å². The summed E-state index contributed by atoms with van der Waals surface area (Å²) in [5.74, 6) is -1.06. The number of carboxylic acids is 1. The van der Waals surface area contributed by atoms with Crippen LogP contribution in [0.15, 0.2) is 46.7 Å². The van der Waals surface area contributed by atoms with Crippen LogP contribution >= 0.6 is 11.3 Å². The Morgan fingerprint density at radius 3 is 2.36 bits per heavy atom. The van der Waals surface area contributed by atoms with Gasteiger partial charge < -0.3 is 5.11 Å². The van der Waals surface area contributed by atoms with E-state index in [1.165, 1.54) is 24.3 Å². The quantitative estimate of drug-likeness (QED) is 0.824. The number of thiophene rings is 1. The van der Waals surface area contributed by atoms with Crippen LogP contribution < -0.4 is 0 Å². The average molecular weight is 380 g/mol. The zero-order chi connectivity index (χ0) is 17.9. The summed E-state index contributed by atoms with van der Waals surface area (Å²) in [5, 5.41) is 11.0. The fourth-order valence-electron chi connectivity index (χ4n) is 3.24. The fraction of sp³-hybridized carbons (Fsp3) is 0.389. The first-order valence-corrected chi connectivity index (χ1v) is 10.7. The molecule has 3 rings (SSSR count). The van der Waals surface area contributed by atoms with Crippen LogP contribution in [-0.4, -0.2) is 29.8 Å². The molecular formula is C18H21NO4S2. The zero-order valence-corrected chi connectivity index (χ0v) is 15.4. The molecule has 0 radical (unpaired) electrons. The maximum absolute atomic E-state index is 13.2. The van der Waals surface area contributed by atoms with E-state index in [4.69, 9.17) is 5.11 Å². The van der Waals surface area contributed by atoms with Gasteiger partial charge in [0.05, 0.1) is 10.5 Å². The maximum Gasteiger partial charge on any atom is 0.335 e. The second kappa shape index (κ2) is 7.68. The van der Waals surface area contributed by atoms with Crippen molar-refractivity contribution in [3.8, 4) is 0 Å². The number of sulfonamides is 1. The number of hydrogen-bond acceptors (Lipinski definition) is 4. The summed E-state index contributed by atoms with van der Waals surface area (Å²) in [5.41, 5.74) is 0.0847. The Hall–Kier alpha value is -1.70. The molecule has 5 nitrogen and oxygen atoms in total. The summed E-state index contributed by atoms with van der Waals surface area (Å²) >= 11 is 1.55. The molecule has 1 N–H and O–H groups in total. The number of nitrogens with zero attached hydrogens (tertiary/aromatic N) is 1. The summed E-state index contributed by atoms with van der Waals surface area (Å²) in [6.07, 6.45) is 4.98. The Bertz CT molecular complexity index is 807. The lowest BCUT2D eigenvalue weighted by atomic mass is 9.95. The smallest absolute Gasteiger partial charge is 0.335 e. The lowest BCUT2D eigenvalue weighted by Gasteiger charge is -2.33. The monoisotopic (exact) mass is 379 g/mol. The molecule has 1 saturated carbocycles. The van der Waals surface area contributed by atoms with Crippen LogP contribution in [0.3, 0.4) is 0 Å².